The summed E-state index contributed by atoms with van der Waals surface area (Å²) in [5.41, 5.74) is 3.28. The Balaban J connectivity index is 1.57. The average molecular weight is 487 g/mol. The summed E-state index contributed by atoms with van der Waals surface area (Å²) in [5.74, 6) is 1.03. The highest BCUT2D eigenvalue weighted by molar-refractivity contribution is 7.15. The van der Waals surface area contributed by atoms with Crippen LogP contribution in [0.3, 0.4) is 0 Å². The molecule has 9 heteroatoms. The van der Waals surface area contributed by atoms with Crippen LogP contribution in [0.15, 0.2) is 24.4 Å². The van der Waals surface area contributed by atoms with Crippen molar-refractivity contribution >= 4 is 33.8 Å². The van der Waals surface area contributed by atoms with Gasteiger partial charge in [0.2, 0.25) is 11.6 Å². The number of imidazole rings is 1. The normalized spacial score (nSPS) is 15.3. The summed E-state index contributed by atoms with van der Waals surface area (Å²) >= 11 is 1.48. The largest absolute Gasteiger partial charge is 0.335 e. The molecule has 0 radical (unpaired) electrons. The molecule has 0 saturated heterocycles. The van der Waals surface area contributed by atoms with Crippen molar-refractivity contribution in [2.24, 2.45) is 0 Å². The Hall–Kier alpha value is -3.64. The summed E-state index contributed by atoms with van der Waals surface area (Å²) in [5, 5.41) is 1.45. The van der Waals surface area contributed by atoms with Gasteiger partial charge in [-0.3, -0.25) is 9.78 Å². The number of carbonyl (C=O) groups excluding carboxylic acids is 1. The number of rotatable bonds is 4. The van der Waals surface area contributed by atoms with Gasteiger partial charge in [0, 0.05) is 42.6 Å². The van der Waals surface area contributed by atoms with Crippen molar-refractivity contribution in [3.8, 4) is 21.8 Å². The van der Waals surface area contributed by atoms with Crippen molar-refractivity contribution in [3.05, 3.63) is 58.2 Å². The van der Waals surface area contributed by atoms with E-state index in [9.17, 15) is 4.79 Å². The topological polar surface area (TPSA) is 68.3 Å². The van der Waals surface area contributed by atoms with Crippen molar-refractivity contribution in [2.75, 3.05) is 6.54 Å². The predicted molar refractivity (Wildman–Crippen MR) is 133 cm³/mol. The molecule has 6 rings (SSSR count). The Labute approximate surface area is 206 Å². The minimum Gasteiger partial charge on any atom is -0.335 e. The first-order valence-corrected chi connectivity index (χ1v) is 12.6. The molecule has 1 aromatic carbocycles. The Morgan fingerprint density at radius 3 is 2.77 bits per heavy atom. The molecule has 1 amide bonds. The SMILES string of the molecule is [C-]#[N+]c1cc2c(-c3nc(C4CC4)n4c3CN(C(=O)CC)CC4)c(F)ccc2nc1-c1cnc(C)s1. The molecule has 1 saturated carbocycles. The van der Waals surface area contributed by atoms with E-state index in [1.807, 2.05) is 18.7 Å². The fraction of sp³-hybridized carbons (Fsp3) is 0.346. The van der Waals surface area contributed by atoms with Crippen LogP contribution < -0.4 is 0 Å². The maximum absolute atomic E-state index is 15.5. The van der Waals surface area contributed by atoms with Gasteiger partial charge in [0.15, 0.2) is 0 Å². The number of amides is 1. The zero-order chi connectivity index (χ0) is 24.3. The molecule has 1 aliphatic heterocycles. The first kappa shape index (κ1) is 21.9. The third-order valence-electron chi connectivity index (χ3n) is 6.77. The Morgan fingerprint density at radius 1 is 1.26 bits per heavy atom. The highest BCUT2D eigenvalue weighted by Crippen LogP contribution is 2.45. The van der Waals surface area contributed by atoms with E-state index < -0.39 is 5.82 Å². The number of carbonyl (C=O) groups is 1. The van der Waals surface area contributed by atoms with E-state index in [4.69, 9.17) is 16.5 Å². The van der Waals surface area contributed by atoms with E-state index in [1.54, 1.807) is 18.3 Å². The van der Waals surface area contributed by atoms with Crippen molar-refractivity contribution < 1.29 is 9.18 Å². The van der Waals surface area contributed by atoms with E-state index in [2.05, 4.69) is 14.4 Å². The van der Waals surface area contributed by atoms with Crippen molar-refractivity contribution in [3.63, 3.8) is 0 Å². The van der Waals surface area contributed by atoms with Gasteiger partial charge >= 0.3 is 0 Å². The molecule has 0 spiro atoms. The van der Waals surface area contributed by atoms with Crippen LogP contribution in [-0.2, 0) is 17.9 Å². The first-order chi connectivity index (χ1) is 17.0. The van der Waals surface area contributed by atoms with Gasteiger partial charge in [-0.25, -0.2) is 19.2 Å². The third kappa shape index (κ3) is 3.60. The van der Waals surface area contributed by atoms with E-state index in [0.717, 1.165) is 34.2 Å². The van der Waals surface area contributed by atoms with E-state index in [0.29, 0.717) is 65.5 Å². The molecule has 4 heterocycles. The second kappa shape index (κ2) is 8.24. The summed E-state index contributed by atoms with van der Waals surface area (Å²) in [6, 6.07) is 4.79. The fourth-order valence-electron chi connectivity index (χ4n) is 4.87. The number of hydrogen-bond donors (Lipinski definition) is 0. The molecule has 35 heavy (non-hydrogen) atoms. The van der Waals surface area contributed by atoms with Gasteiger partial charge in [0.25, 0.3) is 0 Å². The molecule has 1 aliphatic carbocycles. The van der Waals surface area contributed by atoms with Crippen molar-refractivity contribution in [1.29, 1.82) is 0 Å². The number of thiazole rings is 1. The predicted octanol–water partition coefficient (Wildman–Crippen LogP) is 5.85. The molecular weight excluding hydrogens is 463 g/mol. The van der Waals surface area contributed by atoms with Crippen LogP contribution >= 0.6 is 11.3 Å². The van der Waals surface area contributed by atoms with E-state index >= 15 is 4.39 Å². The molecule has 7 nitrogen and oxygen atoms in total. The van der Waals surface area contributed by atoms with Gasteiger partial charge in [-0.15, -0.1) is 11.3 Å². The zero-order valence-electron chi connectivity index (χ0n) is 19.5. The monoisotopic (exact) mass is 486 g/mol. The van der Waals surface area contributed by atoms with Crippen LogP contribution in [0, 0.1) is 19.3 Å². The molecular formula is C26H23FN6OS. The maximum atomic E-state index is 15.5. The van der Waals surface area contributed by atoms with Gasteiger partial charge in [-0.05, 0) is 38.0 Å². The summed E-state index contributed by atoms with van der Waals surface area (Å²) in [4.78, 5) is 32.9. The van der Waals surface area contributed by atoms with Crippen LogP contribution in [0.1, 0.15) is 48.6 Å². The lowest BCUT2D eigenvalue weighted by Crippen LogP contribution is -2.38. The minimum absolute atomic E-state index is 0.0798. The Bertz CT molecular complexity index is 1540. The summed E-state index contributed by atoms with van der Waals surface area (Å²) in [6.45, 7) is 13.2. The number of pyridine rings is 1. The smallest absolute Gasteiger partial charge is 0.222 e. The molecule has 0 atom stereocenters. The van der Waals surface area contributed by atoms with Gasteiger partial charge in [0.1, 0.15) is 11.6 Å². The summed E-state index contributed by atoms with van der Waals surface area (Å²) in [7, 11) is 0. The zero-order valence-corrected chi connectivity index (χ0v) is 20.3. The summed E-state index contributed by atoms with van der Waals surface area (Å²) < 4.78 is 17.7. The Kier molecular flexibility index (Phi) is 5.15. The van der Waals surface area contributed by atoms with Crippen LogP contribution in [0.2, 0.25) is 0 Å². The molecule has 176 valence electrons. The van der Waals surface area contributed by atoms with Crippen molar-refractivity contribution in [1.82, 2.24) is 24.4 Å². The minimum atomic E-state index is -0.404. The van der Waals surface area contributed by atoms with Crippen LogP contribution in [0.4, 0.5) is 10.1 Å². The summed E-state index contributed by atoms with van der Waals surface area (Å²) in [6.07, 6.45) is 4.30. The molecule has 0 N–H and O–H groups in total. The number of hydrogen-bond acceptors (Lipinski definition) is 5. The van der Waals surface area contributed by atoms with Gasteiger partial charge in [0.05, 0.1) is 45.6 Å². The maximum Gasteiger partial charge on any atom is 0.222 e. The lowest BCUT2D eigenvalue weighted by molar-refractivity contribution is -0.132. The number of halogens is 1. The quantitative estimate of drug-likeness (QED) is 0.339. The highest BCUT2D eigenvalue weighted by Gasteiger charge is 2.35. The standard InChI is InChI=1S/C26H23FN6OS/c1-4-22(34)32-9-10-33-20(13-32)25(31-26(33)15-5-6-15)23-16-11-19(28-3)24(21-12-29-14(2)35-21)30-18(16)8-7-17(23)27/h7-8,11-12,15H,4-6,9-10,13H2,1-2H3. The number of aromatic nitrogens is 4. The lowest BCUT2D eigenvalue weighted by atomic mass is 10.0. The van der Waals surface area contributed by atoms with Gasteiger partial charge < -0.3 is 9.47 Å². The fourth-order valence-corrected chi connectivity index (χ4v) is 5.65. The Morgan fingerprint density at radius 2 is 2.09 bits per heavy atom. The highest BCUT2D eigenvalue weighted by atomic mass is 32.1. The number of nitrogens with zero attached hydrogens (tertiary/aromatic N) is 6. The number of fused-ring (bicyclic) bond motifs is 2. The molecule has 0 bridgehead atoms. The molecule has 1 fully saturated rings. The number of benzene rings is 1. The molecule has 3 aromatic heterocycles. The molecule has 0 unspecified atom stereocenters. The van der Waals surface area contributed by atoms with Crippen LogP contribution in [0.5, 0.6) is 0 Å². The lowest BCUT2D eigenvalue weighted by Gasteiger charge is -2.29. The average Bonchev–Trinajstić information content (AvgIpc) is 3.52. The van der Waals surface area contributed by atoms with Gasteiger partial charge in [-0.1, -0.05) is 6.92 Å². The van der Waals surface area contributed by atoms with Crippen molar-refractivity contribution in [2.45, 2.75) is 52.1 Å². The molecule has 4 aromatic rings. The van der Waals surface area contributed by atoms with Gasteiger partial charge in [-0.2, -0.15) is 0 Å². The van der Waals surface area contributed by atoms with E-state index in [1.165, 1.54) is 17.4 Å². The van der Waals surface area contributed by atoms with Crippen LogP contribution in [0.25, 0.3) is 37.6 Å². The second-order valence-corrected chi connectivity index (χ2v) is 10.3. The number of aryl methyl sites for hydroxylation is 1. The third-order valence-corrected chi connectivity index (χ3v) is 7.69. The van der Waals surface area contributed by atoms with Crippen LogP contribution in [-0.4, -0.2) is 36.9 Å². The van der Waals surface area contributed by atoms with E-state index in [-0.39, 0.29) is 5.91 Å². The first-order valence-electron chi connectivity index (χ1n) is 11.8. The molecule has 2 aliphatic rings. The second-order valence-electron chi connectivity index (χ2n) is 9.06.